The number of nitrogens with one attached hydrogen (secondary N) is 5. The van der Waals surface area contributed by atoms with Crippen molar-refractivity contribution in [2.45, 2.75) is 76.2 Å². The van der Waals surface area contributed by atoms with Crippen LogP contribution in [0.25, 0.3) is 28.0 Å². The van der Waals surface area contributed by atoms with Crippen molar-refractivity contribution in [2.24, 2.45) is 15.7 Å². The van der Waals surface area contributed by atoms with Gasteiger partial charge in [0.15, 0.2) is 17.7 Å². The highest BCUT2D eigenvalue weighted by Gasteiger charge is 2.28. The van der Waals surface area contributed by atoms with Crippen molar-refractivity contribution < 1.29 is 9.13 Å². The molecular formula is C37H46ClFN10O2. The summed E-state index contributed by atoms with van der Waals surface area (Å²) in [6.07, 6.45) is 7.65. The van der Waals surface area contributed by atoms with Gasteiger partial charge < -0.3 is 36.7 Å². The number of aromatic amines is 1. The molecule has 14 heteroatoms. The summed E-state index contributed by atoms with van der Waals surface area (Å²) in [5.74, 6) is 1.19. The van der Waals surface area contributed by atoms with Crippen LogP contribution in [0, 0.1) is 5.82 Å². The number of rotatable bonds is 11. The summed E-state index contributed by atoms with van der Waals surface area (Å²) >= 11 is 6.30. The van der Waals surface area contributed by atoms with Crippen LogP contribution in [0.1, 0.15) is 62.7 Å². The molecule has 2 aromatic heterocycles. The fourth-order valence-corrected chi connectivity index (χ4v) is 7.26. The minimum Gasteiger partial charge on any atom is -0.370 e. The molecule has 3 aliphatic heterocycles. The van der Waals surface area contributed by atoms with E-state index in [1.54, 1.807) is 24.4 Å². The Kier molecular flexibility index (Phi) is 10.9. The standard InChI is InChI=1S/C37H46ClFN10O2/c1-22(40)3-2-4-23-17-29(33(39)30(38)18-23)31-19-25-21-49(37(50)48-34(25)47-31)27-8-5-24(6-9-27)32-20-26(46-36-44-15-16-45-36)7-10-28(51-32)11-12-41-35-42-13-14-43-35/h5-6,8-9,17-19,21-22,26,28,32H,2-4,7,10-16,20,40H2,1H3,(H2,41,42,43)(H2,44,45,46)(H,47,48,50)/t22-,26?,28+,32+/m0/s1. The molecule has 51 heavy (non-hydrogen) atoms. The van der Waals surface area contributed by atoms with E-state index in [1.807, 2.05) is 31.2 Å². The first-order chi connectivity index (χ1) is 24.8. The van der Waals surface area contributed by atoms with Crippen molar-refractivity contribution in [1.82, 2.24) is 35.8 Å². The lowest BCUT2D eigenvalue weighted by atomic mass is 9.99. The Morgan fingerprint density at radius 1 is 1.10 bits per heavy atom. The summed E-state index contributed by atoms with van der Waals surface area (Å²) in [5, 5.41) is 14.3. The van der Waals surface area contributed by atoms with Crippen LogP contribution in [0.2, 0.25) is 5.02 Å². The second-order valence-corrected chi connectivity index (χ2v) is 14.1. The lowest BCUT2D eigenvalue weighted by Gasteiger charge is -2.24. The molecule has 4 aromatic rings. The summed E-state index contributed by atoms with van der Waals surface area (Å²) in [4.78, 5) is 29.7. The second kappa shape index (κ2) is 15.8. The van der Waals surface area contributed by atoms with Crippen LogP contribution in [0.3, 0.4) is 0 Å². The monoisotopic (exact) mass is 716 g/mol. The molecule has 0 amide bonds. The van der Waals surface area contributed by atoms with E-state index < -0.39 is 11.5 Å². The Bertz CT molecular complexity index is 1960. The van der Waals surface area contributed by atoms with E-state index in [0.29, 0.717) is 28.0 Å². The van der Waals surface area contributed by atoms with E-state index in [9.17, 15) is 4.79 Å². The number of aromatic nitrogens is 3. The molecule has 270 valence electrons. The molecule has 1 saturated heterocycles. The Hall–Kier alpha value is -4.46. The number of aliphatic imine (C=N–C) groups is 2. The van der Waals surface area contributed by atoms with Crippen molar-refractivity contribution in [3.05, 3.63) is 81.1 Å². The number of nitrogens with zero attached hydrogens (tertiary/aromatic N) is 4. The minimum atomic E-state index is -0.519. The molecule has 0 saturated carbocycles. The van der Waals surface area contributed by atoms with Gasteiger partial charge in [-0.25, -0.2) is 9.18 Å². The number of aryl methyl sites for hydroxylation is 1. The van der Waals surface area contributed by atoms with Crippen LogP contribution in [0.5, 0.6) is 0 Å². The average molecular weight is 717 g/mol. The zero-order valence-electron chi connectivity index (χ0n) is 28.9. The molecular weight excluding hydrogens is 671 g/mol. The van der Waals surface area contributed by atoms with Crippen LogP contribution in [0.4, 0.5) is 4.39 Å². The summed E-state index contributed by atoms with van der Waals surface area (Å²) in [6.45, 7) is 6.03. The maximum Gasteiger partial charge on any atom is 0.354 e. The first-order valence-electron chi connectivity index (χ1n) is 18.0. The van der Waals surface area contributed by atoms with Crippen LogP contribution in [-0.2, 0) is 11.2 Å². The van der Waals surface area contributed by atoms with E-state index in [-0.39, 0.29) is 29.3 Å². The van der Waals surface area contributed by atoms with Gasteiger partial charge in [0, 0.05) is 48.9 Å². The molecule has 7 N–H and O–H groups in total. The van der Waals surface area contributed by atoms with Gasteiger partial charge in [-0.2, -0.15) is 4.98 Å². The smallest absolute Gasteiger partial charge is 0.354 e. The van der Waals surface area contributed by atoms with Crippen molar-refractivity contribution >= 4 is 34.6 Å². The van der Waals surface area contributed by atoms with E-state index in [2.05, 4.69) is 41.2 Å². The number of fused-ring (bicyclic) bond motifs is 1. The summed E-state index contributed by atoms with van der Waals surface area (Å²) < 4.78 is 23.5. The summed E-state index contributed by atoms with van der Waals surface area (Å²) in [5.41, 5.74) is 9.31. The predicted octanol–water partition coefficient (Wildman–Crippen LogP) is 4.31. The molecule has 0 bridgehead atoms. The lowest BCUT2D eigenvalue weighted by molar-refractivity contribution is -0.0138. The van der Waals surface area contributed by atoms with Gasteiger partial charge in [-0.15, -0.1) is 0 Å². The van der Waals surface area contributed by atoms with Gasteiger partial charge in [0.05, 0.1) is 41.7 Å². The highest BCUT2D eigenvalue weighted by Crippen LogP contribution is 2.33. The summed E-state index contributed by atoms with van der Waals surface area (Å²) in [7, 11) is 0. The number of hydrogen-bond acceptors (Lipinski definition) is 10. The molecule has 0 radical (unpaired) electrons. The predicted molar refractivity (Wildman–Crippen MR) is 200 cm³/mol. The topological polar surface area (TPSA) is 159 Å². The Labute approximate surface area is 301 Å². The van der Waals surface area contributed by atoms with Gasteiger partial charge in [0.2, 0.25) is 0 Å². The lowest BCUT2D eigenvalue weighted by Crippen LogP contribution is -2.41. The van der Waals surface area contributed by atoms with E-state index >= 15 is 4.39 Å². The number of guanidine groups is 2. The quantitative estimate of drug-likeness (QED) is 0.134. The molecule has 7 rings (SSSR count). The SMILES string of the molecule is C[C@H](N)CCCc1cc(Cl)c(F)c(-c2cc3cn(-c4ccc([C@H]5CC(NC6=NCCN6)CC[C@H](CCNC6=NCCN6)O5)cc4)c(=O)nc3[nH]2)c1. The molecule has 0 aliphatic carbocycles. The van der Waals surface area contributed by atoms with Gasteiger partial charge in [-0.05, 0) is 93.3 Å². The third kappa shape index (κ3) is 8.54. The molecule has 1 fully saturated rings. The fraction of sp³-hybridized carbons (Fsp3) is 0.459. The van der Waals surface area contributed by atoms with Gasteiger partial charge in [-0.1, -0.05) is 23.7 Å². The van der Waals surface area contributed by atoms with Crippen LogP contribution in [-0.4, -0.2) is 77.4 Å². The largest absolute Gasteiger partial charge is 0.370 e. The van der Waals surface area contributed by atoms with Crippen molar-refractivity contribution in [1.29, 1.82) is 0 Å². The maximum atomic E-state index is 15.3. The van der Waals surface area contributed by atoms with Crippen LogP contribution < -0.4 is 32.7 Å². The molecule has 3 aliphatic rings. The van der Waals surface area contributed by atoms with E-state index in [1.165, 1.54) is 4.57 Å². The van der Waals surface area contributed by atoms with Crippen molar-refractivity contribution in [2.75, 3.05) is 32.7 Å². The van der Waals surface area contributed by atoms with Crippen molar-refractivity contribution in [3.8, 4) is 16.9 Å². The number of halogens is 2. The van der Waals surface area contributed by atoms with E-state index in [4.69, 9.17) is 22.1 Å². The normalized spacial score (nSPS) is 21.1. The maximum absolute atomic E-state index is 15.3. The number of H-pyrrole nitrogens is 1. The highest BCUT2D eigenvalue weighted by molar-refractivity contribution is 6.31. The highest BCUT2D eigenvalue weighted by atomic mass is 35.5. The molecule has 1 unspecified atom stereocenters. The third-order valence-corrected chi connectivity index (χ3v) is 9.97. The Morgan fingerprint density at radius 2 is 1.88 bits per heavy atom. The number of nitrogens with two attached hydrogens (primary N) is 1. The van der Waals surface area contributed by atoms with Crippen LogP contribution >= 0.6 is 11.6 Å². The van der Waals surface area contributed by atoms with Gasteiger partial charge in [0.1, 0.15) is 5.65 Å². The second-order valence-electron chi connectivity index (χ2n) is 13.7. The number of benzene rings is 2. The molecule has 5 heterocycles. The van der Waals surface area contributed by atoms with Gasteiger partial charge in [0.25, 0.3) is 0 Å². The molecule has 0 spiro atoms. The van der Waals surface area contributed by atoms with Gasteiger partial charge >= 0.3 is 5.69 Å². The molecule has 4 atom stereocenters. The summed E-state index contributed by atoms with van der Waals surface area (Å²) in [6, 6.07) is 13.4. The number of ether oxygens (including phenoxy) is 1. The van der Waals surface area contributed by atoms with Gasteiger partial charge in [-0.3, -0.25) is 14.6 Å². The zero-order chi connectivity index (χ0) is 35.3. The Morgan fingerprint density at radius 3 is 2.63 bits per heavy atom. The average Bonchev–Trinajstić information content (AvgIpc) is 3.88. The van der Waals surface area contributed by atoms with Crippen LogP contribution in [0.15, 0.2) is 63.4 Å². The molecule has 2 aromatic carbocycles. The molecule has 12 nitrogen and oxygen atoms in total. The zero-order valence-corrected chi connectivity index (χ0v) is 29.6. The minimum absolute atomic E-state index is 0.0533. The Balaban J connectivity index is 1.09. The first kappa shape index (κ1) is 35.0. The van der Waals surface area contributed by atoms with E-state index in [0.717, 1.165) is 101 Å². The fourth-order valence-electron chi connectivity index (χ4n) is 7.02. The van der Waals surface area contributed by atoms with Crippen molar-refractivity contribution in [3.63, 3.8) is 0 Å². The third-order valence-electron chi connectivity index (χ3n) is 9.69. The first-order valence-corrected chi connectivity index (χ1v) is 18.4. The number of hydrogen-bond donors (Lipinski definition) is 6.